The highest BCUT2D eigenvalue weighted by molar-refractivity contribution is 9.10. The first kappa shape index (κ1) is 10.7. The molecule has 0 saturated heterocycles. The first-order valence-corrected chi connectivity index (χ1v) is 5.28. The van der Waals surface area contributed by atoms with Gasteiger partial charge in [-0.2, -0.15) is 13.2 Å². The fraction of sp³-hybridized carbons (Fsp3) is 0.444. The number of hydrogen-bond donors (Lipinski definition) is 1. The van der Waals surface area contributed by atoms with E-state index in [1.54, 1.807) is 0 Å². The van der Waals surface area contributed by atoms with Crippen LogP contribution in [0.1, 0.15) is 17.7 Å². The zero-order valence-corrected chi connectivity index (χ0v) is 9.24. The van der Waals surface area contributed by atoms with Crippen molar-refractivity contribution in [3.63, 3.8) is 0 Å². The highest BCUT2D eigenvalue weighted by Crippen LogP contribution is 2.37. The minimum atomic E-state index is -4.36. The first-order valence-electron chi connectivity index (χ1n) is 4.49. The van der Waals surface area contributed by atoms with Crippen LogP contribution in [0.2, 0.25) is 0 Å². The number of rotatable bonds is 0. The number of nitrogens with one attached hydrogen (secondary N) is 1. The smallest absolute Gasteiger partial charge is 0.384 e. The number of fused-ring (bicyclic) bond motifs is 1. The fourth-order valence-corrected chi connectivity index (χ4v) is 2.10. The average molecular weight is 281 g/mol. The molecule has 2 nitrogen and oxygen atoms in total. The van der Waals surface area contributed by atoms with E-state index in [-0.39, 0.29) is 4.60 Å². The molecule has 0 radical (unpaired) electrons. The molecule has 0 fully saturated rings. The van der Waals surface area contributed by atoms with Gasteiger partial charge in [-0.3, -0.25) is 0 Å². The molecule has 0 amide bonds. The molecule has 2 rings (SSSR count). The van der Waals surface area contributed by atoms with Crippen LogP contribution in [0, 0.1) is 0 Å². The van der Waals surface area contributed by atoms with E-state index in [1.165, 1.54) is 0 Å². The molecular formula is C9H8BrF3N2. The van der Waals surface area contributed by atoms with E-state index in [0.717, 1.165) is 18.9 Å². The topological polar surface area (TPSA) is 24.9 Å². The van der Waals surface area contributed by atoms with E-state index < -0.39 is 11.7 Å². The quantitative estimate of drug-likeness (QED) is 0.738. The standard InChI is InChI=1S/C9H8BrF3N2/c10-8-5(9(11,12)13)4-7-6(15-8)2-1-3-14-7/h4,14H,1-3H2. The first-order chi connectivity index (χ1) is 6.98. The lowest BCUT2D eigenvalue weighted by atomic mass is 10.1. The Morgan fingerprint density at radius 3 is 2.80 bits per heavy atom. The van der Waals surface area contributed by atoms with E-state index in [4.69, 9.17) is 0 Å². The summed E-state index contributed by atoms with van der Waals surface area (Å²) >= 11 is 2.85. The molecule has 1 aliphatic heterocycles. The van der Waals surface area contributed by atoms with Crippen molar-refractivity contribution < 1.29 is 13.2 Å². The summed E-state index contributed by atoms with van der Waals surface area (Å²) in [6, 6.07) is 1.12. The van der Waals surface area contributed by atoms with Crippen LogP contribution in [0.3, 0.4) is 0 Å². The Kier molecular flexibility index (Phi) is 2.62. The molecule has 1 aromatic heterocycles. The monoisotopic (exact) mass is 280 g/mol. The normalized spacial score (nSPS) is 15.7. The van der Waals surface area contributed by atoms with Gasteiger partial charge < -0.3 is 5.32 Å². The van der Waals surface area contributed by atoms with E-state index in [9.17, 15) is 13.2 Å². The summed E-state index contributed by atoms with van der Waals surface area (Å²) in [5, 5.41) is 2.92. The predicted molar refractivity (Wildman–Crippen MR) is 53.7 cm³/mol. The molecule has 0 unspecified atom stereocenters. The molecule has 0 spiro atoms. The highest BCUT2D eigenvalue weighted by atomic mass is 79.9. The van der Waals surface area contributed by atoms with Crippen LogP contribution in [0.4, 0.5) is 18.9 Å². The summed E-state index contributed by atoms with van der Waals surface area (Å²) in [4.78, 5) is 3.91. The second kappa shape index (κ2) is 3.66. The lowest BCUT2D eigenvalue weighted by molar-refractivity contribution is -0.138. The minimum absolute atomic E-state index is 0.127. The molecule has 0 aliphatic carbocycles. The largest absolute Gasteiger partial charge is 0.419 e. The maximum absolute atomic E-state index is 12.5. The van der Waals surface area contributed by atoms with Crippen molar-refractivity contribution in [2.24, 2.45) is 0 Å². The summed E-state index contributed by atoms with van der Waals surface area (Å²) in [6.45, 7) is 0.702. The Hall–Kier alpha value is -0.780. The Morgan fingerprint density at radius 1 is 1.40 bits per heavy atom. The van der Waals surface area contributed by atoms with Crippen LogP contribution in [0.15, 0.2) is 10.7 Å². The van der Waals surface area contributed by atoms with Gasteiger partial charge in [0, 0.05) is 6.54 Å². The molecule has 1 aromatic rings. The van der Waals surface area contributed by atoms with Crippen LogP contribution in [-0.4, -0.2) is 11.5 Å². The third-order valence-electron chi connectivity index (χ3n) is 2.27. The van der Waals surface area contributed by atoms with Gasteiger partial charge >= 0.3 is 6.18 Å². The molecule has 1 aliphatic rings. The van der Waals surface area contributed by atoms with E-state index in [1.807, 2.05) is 0 Å². The van der Waals surface area contributed by atoms with Crippen molar-refractivity contribution in [2.75, 3.05) is 11.9 Å². The van der Waals surface area contributed by atoms with Crippen molar-refractivity contribution in [1.82, 2.24) is 4.98 Å². The number of aromatic nitrogens is 1. The van der Waals surface area contributed by atoms with Crippen molar-refractivity contribution >= 4 is 21.6 Å². The molecular weight excluding hydrogens is 273 g/mol. The second-order valence-electron chi connectivity index (χ2n) is 3.35. The molecule has 82 valence electrons. The highest BCUT2D eigenvalue weighted by Gasteiger charge is 2.35. The SMILES string of the molecule is FC(F)(F)c1cc2c(nc1Br)CCCN2. The van der Waals surface area contributed by atoms with Crippen molar-refractivity contribution in [3.8, 4) is 0 Å². The number of alkyl halides is 3. The lowest BCUT2D eigenvalue weighted by Crippen LogP contribution is -2.16. The van der Waals surface area contributed by atoms with E-state index in [0.29, 0.717) is 17.9 Å². The molecule has 0 aromatic carbocycles. The van der Waals surface area contributed by atoms with E-state index in [2.05, 4.69) is 26.2 Å². The summed E-state index contributed by atoms with van der Waals surface area (Å²) in [6.07, 6.45) is -2.74. The summed E-state index contributed by atoms with van der Waals surface area (Å²) < 4.78 is 37.4. The molecule has 0 saturated carbocycles. The molecule has 2 heterocycles. The Bertz CT molecular complexity index is 390. The van der Waals surface area contributed by atoms with Gasteiger partial charge in [-0.25, -0.2) is 4.98 Å². The van der Waals surface area contributed by atoms with Crippen LogP contribution in [0.5, 0.6) is 0 Å². The Balaban J connectivity index is 2.50. The zero-order chi connectivity index (χ0) is 11.1. The number of halogens is 4. The van der Waals surface area contributed by atoms with Gasteiger partial charge in [0.25, 0.3) is 0 Å². The van der Waals surface area contributed by atoms with Crippen molar-refractivity contribution in [2.45, 2.75) is 19.0 Å². The predicted octanol–water partition coefficient (Wildman–Crippen LogP) is 3.22. The lowest BCUT2D eigenvalue weighted by Gasteiger charge is -2.19. The molecule has 0 atom stereocenters. The van der Waals surface area contributed by atoms with Crippen molar-refractivity contribution in [1.29, 1.82) is 0 Å². The van der Waals surface area contributed by atoms with Crippen LogP contribution < -0.4 is 5.32 Å². The van der Waals surface area contributed by atoms with Crippen LogP contribution >= 0.6 is 15.9 Å². The van der Waals surface area contributed by atoms with Crippen molar-refractivity contribution in [3.05, 3.63) is 21.9 Å². The Morgan fingerprint density at radius 2 is 2.13 bits per heavy atom. The van der Waals surface area contributed by atoms with E-state index >= 15 is 0 Å². The number of hydrogen-bond acceptors (Lipinski definition) is 2. The van der Waals surface area contributed by atoms with Crippen LogP contribution in [-0.2, 0) is 12.6 Å². The number of nitrogens with zero attached hydrogens (tertiary/aromatic N) is 1. The fourth-order valence-electron chi connectivity index (χ4n) is 1.55. The van der Waals surface area contributed by atoms with Gasteiger partial charge in [-0.15, -0.1) is 0 Å². The summed E-state index contributed by atoms with van der Waals surface area (Å²) in [5.74, 6) is 0. The maximum atomic E-state index is 12.5. The maximum Gasteiger partial charge on any atom is 0.419 e. The van der Waals surface area contributed by atoms with Gasteiger partial charge in [0.05, 0.1) is 16.9 Å². The number of pyridine rings is 1. The van der Waals surface area contributed by atoms with Gasteiger partial charge in [0.15, 0.2) is 0 Å². The van der Waals surface area contributed by atoms with Crippen LogP contribution in [0.25, 0.3) is 0 Å². The molecule has 1 N–H and O–H groups in total. The van der Waals surface area contributed by atoms with Gasteiger partial charge in [-0.1, -0.05) is 0 Å². The number of anilines is 1. The summed E-state index contributed by atoms with van der Waals surface area (Å²) in [7, 11) is 0. The third kappa shape index (κ3) is 2.09. The minimum Gasteiger partial charge on any atom is -0.384 e. The third-order valence-corrected chi connectivity index (χ3v) is 2.87. The molecule has 0 bridgehead atoms. The second-order valence-corrected chi connectivity index (χ2v) is 4.10. The Labute approximate surface area is 93.0 Å². The van der Waals surface area contributed by atoms with Gasteiger partial charge in [-0.05, 0) is 34.8 Å². The molecule has 6 heteroatoms. The zero-order valence-electron chi connectivity index (χ0n) is 7.66. The average Bonchev–Trinajstić information content (AvgIpc) is 2.15. The number of aryl methyl sites for hydroxylation is 1. The van der Waals surface area contributed by atoms with Gasteiger partial charge in [0.1, 0.15) is 4.60 Å². The molecule has 15 heavy (non-hydrogen) atoms. The summed E-state index contributed by atoms with van der Waals surface area (Å²) in [5.41, 5.74) is 0.466. The van der Waals surface area contributed by atoms with Gasteiger partial charge in [0.2, 0.25) is 0 Å².